The van der Waals surface area contributed by atoms with Crippen LogP contribution in [0.4, 0.5) is 0 Å². The number of aromatic nitrogens is 1. The Morgan fingerprint density at radius 2 is 2.00 bits per heavy atom. The van der Waals surface area contributed by atoms with Gasteiger partial charge in [0.15, 0.2) is 0 Å². The molecule has 22 heavy (non-hydrogen) atoms. The lowest BCUT2D eigenvalue weighted by molar-refractivity contribution is -0.119. The van der Waals surface area contributed by atoms with E-state index in [2.05, 4.69) is 16.4 Å². The van der Waals surface area contributed by atoms with Crippen LogP contribution in [0.2, 0.25) is 0 Å². The van der Waals surface area contributed by atoms with E-state index in [1.54, 1.807) is 7.05 Å². The molecular formula is C18H24N2O2. The predicted molar refractivity (Wildman–Crippen MR) is 89.3 cm³/mol. The first-order chi connectivity index (χ1) is 10.6. The third-order valence-corrected chi connectivity index (χ3v) is 3.93. The molecule has 0 saturated heterocycles. The highest BCUT2D eigenvalue weighted by atomic mass is 16.1. The quantitative estimate of drug-likeness (QED) is 0.821. The third-order valence-electron chi connectivity index (χ3n) is 3.93. The van der Waals surface area contributed by atoms with Crippen molar-refractivity contribution >= 4 is 22.6 Å². The summed E-state index contributed by atoms with van der Waals surface area (Å²) in [5.41, 5.74) is 3.77. The minimum atomic E-state index is -0.108. The first kappa shape index (κ1) is 16.3. The average molecular weight is 300 g/mol. The highest BCUT2D eigenvalue weighted by Gasteiger charge is 2.17. The Bertz CT molecular complexity index is 686. The average Bonchev–Trinajstić information content (AvgIpc) is 2.85. The summed E-state index contributed by atoms with van der Waals surface area (Å²) < 4.78 is 0. The van der Waals surface area contributed by atoms with Crippen molar-refractivity contribution in [3.8, 4) is 0 Å². The second-order valence-electron chi connectivity index (χ2n) is 5.75. The van der Waals surface area contributed by atoms with Gasteiger partial charge in [0.25, 0.3) is 5.91 Å². The molecule has 0 radical (unpaired) electrons. The Morgan fingerprint density at radius 1 is 1.23 bits per heavy atom. The van der Waals surface area contributed by atoms with Crippen LogP contribution in [-0.2, 0) is 11.2 Å². The Morgan fingerprint density at radius 3 is 2.68 bits per heavy atom. The van der Waals surface area contributed by atoms with Gasteiger partial charge in [0.2, 0.25) is 0 Å². The lowest BCUT2D eigenvalue weighted by atomic mass is 10.0. The summed E-state index contributed by atoms with van der Waals surface area (Å²) in [5.74, 6) is 0.198. The van der Waals surface area contributed by atoms with Crippen molar-refractivity contribution in [2.45, 2.75) is 46.0 Å². The fourth-order valence-corrected chi connectivity index (χ4v) is 2.81. The molecule has 2 rings (SSSR count). The van der Waals surface area contributed by atoms with Gasteiger partial charge in [-0.3, -0.25) is 9.59 Å². The van der Waals surface area contributed by atoms with E-state index < -0.39 is 0 Å². The van der Waals surface area contributed by atoms with Gasteiger partial charge in [-0.1, -0.05) is 18.6 Å². The SMILES string of the molecule is CCCC(=O)CCCc1c(C(=O)NC)[nH]c2ccc(C)cc12. The number of fused-ring (bicyclic) bond motifs is 1. The number of nitrogens with one attached hydrogen (secondary N) is 2. The summed E-state index contributed by atoms with van der Waals surface area (Å²) in [6.45, 7) is 4.06. The zero-order valence-corrected chi connectivity index (χ0v) is 13.6. The van der Waals surface area contributed by atoms with Crippen LogP contribution in [0.5, 0.6) is 0 Å². The number of carbonyl (C=O) groups excluding carboxylic acids is 2. The van der Waals surface area contributed by atoms with Gasteiger partial charge in [-0.2, -0.15) is 0 Å². The number of aryl methyl sites for hydroxylation is 2. The van der Waals surface area contributed by atoms with Crippen molar-refractivity contribution in [3.63, 3.8) is 0 Å². The van der Waals surface area contributed by atoms with Crippen molar-refractivity contribution in [2.24, 2.45) is 0 Å². The van der Waals surface area contributed by atoms with Crippen molar-refractivity contribution in [1.29, 1.82) is 0 Å². The van der Waals surface area contributed by atoms with E-state index in [1.807, 2.05) is 26.0 Å². The van der Waals surface area contributed by atoms with E-state index in [0.717, 1.165) is 35.7 Å². The van der Waals surface area contributed by atoms with Crippen LogP contribution < -0.4 is 5.32 Å². The molecule has 4 heteroatoms. The fourth-order valence-electron chi connectivity index (χ4n) is 2.81. The molecule has 0 spiro atoms. The molecule has 0 fully saturated rings. The summed E-state index contributed by atoms with van der Waals surface area (Å²) in [7, 11) is 1.63. The highest BCUT2D eigenvalue weighted by Crippen LogP contribution is 2.25. The fraction of sp³-hybridized carbons (Fsp3) is 0.444. The number of H-pyrrole nitrogens is 1. The molecule has 2 N–H and O–H groups in total. The van der Waals surface area contributed by atoms with Gasteiger partial charge in [-0.05, 0) is 43.9 Å². The van der Waals surface area contributed by atoms with Gasteiger partial charge >= 0.3 is 0 Å². The number of rotatable bonds is 7. The number of Topliss-reactive ketones (excluding diaryl/α,β-unsaturated/α-hetero) is 1. The second-order valence-corrected chi connectivity index (χ2v) is 5.75. The van der Waals surface area contributed by atoms with Crippen LogP contribution in [0.15, 0.2) is 18.2 Å². The normalized spacial score (nSPS) is 10.9. The molecule has 1 heterocycles. The Labute approximate surface area is 131 Å². The topological polar surface area (TPSA) is 62.0 Å². The first-order valence-corrected chi connectivity index (χ1v) is 7.91. The van der Waals surface area contributed by atoms with Gasteiger partial charge in [-0.15, -0.1) is 0 Å². The minimum absolute atomic E-state index is 0.108. The van der Waals surface area contributed by atoms with E-state index in [-0.39, 0.29) is 5.91 Å². The van der Waals surface area contributed by atoms with Crippen molar-refractivity contribution in [3.05, 3.63) is 35.0 Å². The van der Waals surface area contributed by atoms with Crippen molar-refractivity contribution in [2.75, 3.05) is 7.05 Å². The Hall–Kier alpha value is -2.10. The number of hydrogen-bond donors (Lipinski definition) is 2. The van der Waals surface area contributed by atoms with Gasteiger partial charge in [0.05, 0.1) is 0 Å². The standard InChI is InChI=1S/C18H24N2O2/c1-4-6-13(21)7-5-8-14-15-11-12(2)9-10-16(15)20-17(14)18(22)19-3/h9-11,20H,4-8H2,1-3H3,(H,19,22). The summed E-state index contributed by atoms with van der Waals surface area (Å²) in [4.78, 5) is 27.0. The van der Waals surface area contributed by atoms with E-state index in [9.17, 15) is 9.59 Å². The van der Waals surface area contributed by atoms with E-state index in [1.165, 1.54) is 5.56 Å². The highest BCUT2D eigenvalue weighted by molar-refractivity contribution is 6.01. The summed E-state index contributed by atoms with van der Waals surface area (Å²) in [6, 6.07) is 6.13. The van der Waals surface area contributed by atoms with Crippen molar-refractivity contribution in [1.82, 2.24) is 10.3 Å². The molecule has 0 unspecified atom stereocenters. The number of benzene rings is 1. The van der Waals surface area contributed by atoms with Crippen LogP contribution in [0.1, 0.15) is 54.2 Å². The molecule has 4 nitrogen and oxygen atoms in total. The molecule has 1 aromatic carbocycles. The molecule has 118 valence electrons. The second kappa shape index (κ2) is 7.25. The maximum absolute atomic E-state index is 12.1. The third kappa shape index (κ3) is 3.56. The van der Waals surface area contributed by atoms with E-state index >= 15 is 0 Å². The minimum Gasteiger partial charge on any atom is -0.354 e. The number of amides is 1. The molecule has 0 saturated carbocycles. The summed E-state index contributed by atoms with van der Waals surface area (Å²) in [5, 5.41) is 3.76. The number of ketones is 1. The van der Waals surface area contributed by atoms with Gasteiger partial charge in [-0.25, -0.2) is 0 Å². The van der Waals surface area contributed by atoms with Crippen LogP contribution in [0.3, 0.4) is 0 Å². The monoisotopic (exact) mass is 300 g/mol. The molecule has 2 aromatic rings. The van der Waals surface area contributed by atoms with Crippen molar-refractivity contribution < 1.29 is 9.59 Å². The van der Waals surface area contributed by atoms with Gasteiger partial charge in [0, 0.05) is 30.8 Å². The van der Waals surface area contributed by atoms with E-state index in [4.69, 9.17) is 0 Å². The molecule has 1 amide bonds. The predicted octanol–water partition coefficient (Wildman–Crippen LogP) is 3.53. The van der Waals surface area contributed by atoms with Crippen LogP contribution in [0, 0.1) is 6.92 Å². The molecule has 1 aromatic heterocycles. The molecule has 0 aliphatic carbocycles. The van der Waals surface area contributed by atoms with Crippen LogP contribution in [-0.4, -0.2) is 23.7 Å². The lowest BCUT2D eigenvalue weighted by Gasteiger charge is -2.04. The Balaban J connectivity index is 2.26. The zero-order valence-electron chi connectivity index (χ0n) is 13.6. The number of carbonyl (C=O) groups is 2. The largest absolute Gasteiger partial charge is 0.354 e. The smallest absolute Gasteiger partial charge is 0.267 e. The van der Waals surface area contributed by atoms with Gasteiger partial charge < -0.3 is 10.3 Å². The van der Waals surface area contributed by atoms with Crippen LogP contribution >= 0.6 is 0 Å². The molecule has 0 atom stereocenters. The van der Waals surface area contributed by atoms with E-state index in [0.29, 0.717) is 24.3 Å². The maximum Gasteiger partial charge on any atom is 0.267 e. The van der Waals surface area contributed by atoms with Crippen LogP contribution in [0.25, 0.3) is 10.9 Å². The molecule has 0 aliphatic rings. The first-order valence-electron chi connectivity index (χ1n) is 7.91. The zero-order chi connectivity index (χ0) is 16.1. The molecule has 0 aliphatic heterocycles. The number of aromatic amines is 1. The molecular weight excluding hydrogens is 276 g/mol. The Kier molecular flexibility index (Phi) is 5.36. The summed E-state index contributed by atoms with van der Waals surface area (Å²) in [6.07, 6.45) is 3.65. The molecule has 0 bridgehead atoms. The lowest BCUT2D eigenvalue weighted by Crippen LogP contribution is -2.19. The summed E-state index contributed by atoms with van der Waals surface area (Å²) >= 11 is 0. The van der Waals surface area contributed by atoms with Gasteiger partial charge in [0.1, 0.15) is 11.5 Å². The maximum atomic E-state index is 12.1. The number of hydrogen-bond acceptors (Lipinski definition) is 2.